The third-order valence-corrected chi connectivity index (χ3v) is 8.43. The largest absolute Gasteiger partial charge is 0.507 e. The van der Waals surface area contributed by atoms with Crippen molar-refractivity contribution < 1.29 is 39.6 Å². The van der Waals surface area contributed by atoms with E-state index < -0.39 is 64.6 Å². The molecule has 0 aromatic heterocycles. The van der Waals surface area contributed by atoms with Gasteiger partial charge in [-0.05, 0) is 67.7 Å². The summed E-state index contributed by atoms with van der Waals surface area (Å²) in [6.45, 7) is 0. The SMILES string of the molecule is CN(C)[C@H]1C(O)C(C(N)=O)C(=O)[C@]2(O)C(=O)C3=C(O)c4c(O)ccc(-c5cccc(C(N)=O)c5)c4C[C@@H]3C[C@H]12. The summed E-state index contributed by atoms with van der Waals surface area (Å²) in [7, 11) is 3.18. The first-order valence-corrected chi connectivity index (χ1v) is 12.4. The number of benzene rings is 2. The van der Waals surface area contributed by atoms with Crippen molar-refractivity contribution in [2.75, 3.05) is 14.1 Å². The molecule has 0 saturated heterocycles. The third-order valence-electron chi connectivity index (χ3n) is 8.43. The van der Waals surface area contributed by atoms with Gasteiger partial charge in [-0.3, -0.25) is 19.2 Å². The number of carbonyl (C=O) groups is 4. The van der Waals surface area contributed by atoms with Crippen LogP contribution in [0, 0.1) is 17.8 Å². The highest BCUT2D eigenvalue weighted by Gasteiger charge is 2.67. The van der Waals surface area contributed by atoms with Crippen molar-refractivity contribution >= 4 is 29.1 Å². The molecule has 2 amide bonds. The van der Waals surface area contributed by atoms with E-state index in [1.165, 1.54) is 11.0 Å². The van der Waals surface area contributed by atoms with Gasteiger partial charge in [0.05, 0.1) is 11.7 Å². The Hall–Kier alpha value is -4.06. The number of carbonyl (C=O) groups excluding carboxylic acids is 4. The lowest BCUT2D eigenvalue weighted by molar-refractivity contribution is -0.184. The Labute approximate surface area is 223 Å². The highest BCUT2D eigenvalue weighted by Crippen LogP contribution is 2.53. The standard InChI is InChI=1S/C28H29N3O8/c1-31(2)21-16-10-13-9-15-14(11-4-3-5-12(8-11)26(29)37)6-7-17(32)19(15)22(33)18(13)24(35)28(16,39)25(36)20(23(21)34)27(30)38/h3-8,13,16,20-21,23,32-34,39H,9-10H2,1-2H3,(H2,29,37)(H2,30,38)/t13-,16-,20?,21-,23?,28-/m1/s1. The second kappa shape index (κ2) is 9.01. The van der Waals surface area contributed by atoms with Crippen LogP contribution in [0.25, 0.3) is 16.9 Å². The normalized spacial score (nSPS) is 30.0. The number of aliphatic hydroxyl groups is 3. The van der Waals surface area contributed by atoms with Crippen LogP contribution in [0.5, 0.6) is 5.75 Å². The number of aromatic hydroxyl groups is 1. The van der Waals surface area contributed by atoms with Crippen LogP contribution in [-0.4, -0.2) is 80.5 Å². The number of phenols is 1. The first-order valence-electron chi connectivity index (χ1n) is 12.4. The molecular weight excluding hydrogens is 506 g/mol. The van der Waals surface area contributed by atoms with E-state index in [0.29, 0.717) is 16.7 Å². The van der Waals surface area contributed by atoms with Gasteiger partial charge in [0.1, 0.15) is 17.4 Å². The molecule has 11 heteroatoms. The number of aliphatic hydroxyl groups excluding tert-OH is 2. The summed E-state index contributed by atoms with van der Waals surface area (Å²) >= 11 is 0. The number of phenolic OH excluding ortho intramolecular Hbond substituents is 1. The van der Waals surface area contributed by atoms with Crippen LogP contribution in [0.3, 0.4) is 0 Å². The van der Waals surface area contributed by atoms with Gasteiger partial charge >= 0.3 is 0 Å². The van der Waals surface area contributed by atoms with Crippen LogP contribution < -0.4 is 11.5 Å². The van der Waals surface area contributed by atoms with Crippen LogP contribution in [0.4, 0.5) is 0 Å². The van der Waals surface area contributed by atoms with E-state index in [9.17, 15) is 39.6 Å². The van der Waals surface area contributed by atoms with Crippen LogP contribution in [0.1, 0.15) is 27.9 Å². The van der Waals surface area contributed by atoms with Crippen molar-refractivity contribution in [1.29, 1.82) is 0 Å². The van der Waals surface area contributed by atoms with Gasteiger partial charge in [-0.15, -0.1) is 0 Å². The molecule has 0 radical (unpaired) electrons. The zero-order valence-electron chi connectivity index (χ0n) is 21.3. The molecule has 6 atom stereocenters. The Morgan fingerprint density at radius 1 is 1.08 bits per heavy atom. The van der Waals surface area contributed by atoms with Gasteiger partial charge < -0.3 is 36.8 Å². The molecule has 5 rings (SSSR count). The van der Waals surface area contributed by atoms with Crippen LogP contribution in [0.15, 0.2) is 42.0 Å². The number of hydrogen-bond acceptors (Lipinski definition) is 9. The van der Waals surface area contributed by atoms with Gasteiger partial charge in [-0.1, -0.05) is 18.2 Å². The Morgan fingerprint density at radius 3 is 2.38 bits per heavy atom. The first kappa shape index (κ1) is 26.5. The maximum absolute atomic E-state index is 13.9. The molecule has 0 bridgehead atoms. The summed E-state index contributed by atoms with van der Waals surface area (Å²) in [6.07, 6.45) is -1.41. The molecule has 3 aliphatic carbocycles. The highest BCUT2D eigenvalue weighted by atomic mass is 16.3. The number of nitrogens with two attached hydrogens (primary N) is 2. The third kappa shape index (κ3) is 3.68. The fourth-order valence-electron chi connectivity index (χ4n) is 6.71. The van der Waals surface area contributed by atoms with Crippen LogP contribution in [-0.2, 0) is 20.8 Å². The van der Waals surface area contributed by atoms with Crippen molar-refractivity contribution in [3.63, 3.8) is 0 Å². The molecule has 8 N–H and O–H groups in total. The van der Waals surface area contributed by atoms with E-state index in [2.05, 4.69) is 0 Å². The number of primary amides is 2. The van der Waals surface area contributed by atoms with E-state index in [4.69, 9.17) is 11.5 Å². The van der Waals surface area contributed by atoms with Gasteiger partial charge in [0.2, 0.25) is 17.6 Å². The topological polar surface area (TPSA) is 204 Å². The fraction of sp³-hybridized carbons (Fsp3) is 0.357. The van der Waals surface area contributed by atoms with E-state index in [0.717, 1.165) is 0 Å². The highest BCUT2D eigenvalue weighted by molar-refractivity contribution is 6.25. The molecular formula is C28H29N3O8. The molecule has 2 unspecified atom stereocenters. The smallest absolute Gasteiger partial charge is 0.248 e. The Balaban J connectivity index is 1.70. The number of hydrogen-bond donors (Lipinski definition) is 6. The average molecular weight is 536 g/mol. The summed E-state index contributed by atoms with van der Waals surface area (Å²) in [5.41, 5.74) is 9.80. The van der Waals surface area contributed by atoms with Crippen molar-refractivity contribution in [3.8, 4) is 16.9 Å². The first-order chi connectivity index (χ1) is 18.3. The minimum absolute atomic E-state index is 0.00856. The molecule has 0 heterocycles. The van der Waals surface area contributed by atoms with Gasteiger partial charge in [-0.2, -0.15) is 0 Å². The molecule has 0 aliphatic heterocycles. The molecule has 2 fully saturated rings. The maximum atomic E-state index is 13.9. The predicted octanol–water partition coefficient (Wildman–Crippen LogP) is -0.105. The molecule has 2 aromatic rings. The maximum Gasteiger partial charge on any atom is 0.248 e. The fourth-order valence-corrected chi connectivity index (χ4v) is 6.71. The van der Waals surface area contributed by atoms with E-state index >= 15 is 0 Å². The molecule has 39 heavy (non-hydrogen) atoms. The van der Waals surface area contributed by atoms with Crippen molar-refractivity contribution in [2.45, 2.75) is 30.6 Å². The molecule has 2 saturated carbocycles. The van der Waals surface area contributed by atoms with Gasteiger partial charge in [0.25, 0.3) is 0 Å². The minimum Gasteiger partial charge on any atom is -0.507 e. The lowest BCUT2D eigenvalue weighted by Gasteiger charge is -2.53. The zero-order valence-corrected chi connectivity index (χ0v) is 21.3. The van der Waals surface area contributed by atoms with Crippen molar-refractivity contribution in [1.82, 2.24) is 4.90 Å². The van der Waals surface area contributed by atoms with E-state index in [1.807, 2.05) is 0 Å². The summed E-state index contributed by atoms with van der Waals surface area (Å²) < 4.78 is 0. The number of rotatable bonds is 4. The quantitative estimate of drug-likeness (QED) is 0.289. The molecule has 0 spiro atoms. The summed E-state index contributed by atoms with van der Waals surface area (Å²) in [6, 6.07) is 8.51. The Morgan fingerprint density at radius 2 is 1.77 bits per heavy atom. The summed E-state index contributed by atoms with van der Waals surface area (Å²) in [5.74, 6) is -8.62. The second-order valence-electron chi connectivity index (χ2n) is 10.7. The lowest BCUT2D eigenvalue weighted by atomic mass is 9.54. The summed E-state index contributed by atoms with van der Waals surface area (Å²) in [4.78, 5) is 52.7. The number of Topliss-reactive ketones (excluding diaryl/α,β-unsaturated/α-hetero) is 2. The second-order valence-corrected chi connectivity index (χ2v) is 10.7. The molecule has 3 aliphatic rings. The van der Waals surface area contributed by atoms with Crippen molar-refractivity contribution in [2.24, 2.45) is 29.2 Å². The number of fused-ring (bicyclic) bond motifs is 3. The summed E-state index contributed by atoms with van der Waals surface area (Å²) in [5, 5.41) is 44.7. The molecule has 2 aromatic carbocycles. The monoisotopic (exact) mass is 535 g/mol. The predicted molar refractivity (Wildman–Crippen MR) is 138 cm³/mol. The number of nitrogens with zero attached hydrogens (tertiary/aromatic N) is 1. The van der Waals surface area contributed by atoms with Crippen LogP contribution >= 0.6 is 0 Å². The number of ketones is 2. The van der Waals surface area contributed by atoms with Gasteiger partial charge in [0, 0.05) is 23.1 Å². The number of amides is 2. The van der Waals surface area contributed by atoms with Crippen LogP contribution in [0.2, 0.25) is 0 Å². The Bertz CT molecular complexity index is 1480. The lowest BCUT2D eigenvalue weighted by Crippen LogP contribution is -2.73. The van der Waals surface area contributed by atoms with E-state index in [-0.39, 0.29) is 35.3 Å². The minimum atomic E-state index is -2.71. The Kier molecular flexibility index (Phi) is 6.13. The average Bonchev–Trinajstić information content (AvgIpc) is 2.86. The molecule has 11 nitrogen and oxygen atoms in total. The van der Waals surface area contributed by atoms with E-state index in [1.54, 1.807) is 44.4 Å². The molecule has 204 valence electrons. The zero-order chi connectivity index (χ0) is 28.5. The van der Waals surface area contributed by atoms with Crippen molar-refractivity contribution in [3.05, 3.63) is 58.7 Å². The van der Waals surface area contributed by atoms with Gasteiger partial charge in [-0.25, -0.2) is 0 Å². The van der Waals surface area contributed by atoms with Gasteiger partial charge in [0.15, 0.2) is 11.4 Å². The number of likely N-dealkylation sites (N-methyl/N-ethyl adjacent to an activating group) is 1.